The second kappa shape index (κ2) is 3.52. The minimum atomic E-state index is 0.787. The van der Waals surface area contributed by atoms with Crippen LogP contribution >= 0.6 is 0 Å². The van der Waals surface area contributed by atoms with E-state index in [-0.39, 0.29) is 0 Å². The molecule has 1 aromatic heterocycles. The summed E-state index contributed by atoms with van der Waals surface area (Å²) in [5, 5.41) is 4.38. The third-order valence-electron chi connectivity index (χ3n) is 2.69. The van der Waals surface area contributed by atoms with E-state index in [1.165, 1.54) is 12.8 Å². The van der Waals surface area contributed by atoms with Crippen molar-refractivity contribution in [1.82, 2.24) is 9.78 Å². The van der Waals surface area contributed by atoms with Gasteiger partial charge in [-0.05, 0) is 25.7 Å². The van der Waals surface area contributed by atoms with Crippen LogP contribution in [-0.4, -0.2) is 22.9 Å². The second-order valence-corrected chi connectivity index (χ2v) is 4.06. The van der Waals surface area contributed by atoms with Gasteiger partial charge in [0.2, 0.25) is 0 Å². The number of nitrogens with two attached hydrogens (primary N) is 1. The van der Waals surface area contributed by atoms with Crippen LogP contribution in [0, 0.1) is 5.92 Å². The highest BCUT2D eigenvalue weighted by atomic mass is 15.3. The lowest BCUT2D eigenvalue weighted by atomic mass is 10.3. The third-order valence-corrected chi connectivity index (χ3v) is 2.69. The highest BCUT2D eigenvalue weighted by Gasteiger charge is 2.25. The summed E-state index contributed by atoms with van der Waals surface area (Å²) in [5.74, 6) is 1.82. The van der Waals surface area contributed by atoms with E-state index in [1.807, 2.05) is 13.2 Å². The van der Waals surface area contributed by atoms with E-state index in [4.69, 9.17) is 5.73 Å². The molecule has 0 aliphatic heterocycles. The summed E-state index contributed by atoms with van der Waals surface area (Å²) < 4.78 is 1.78. The van der Waals surface area contributed by atoms with Crippen molar-refractivity contribution in [2.45, 2.75) is 19.8 Å². The number of aryl methyl sites for hydroxylation is 1. The van der Waals surface area contributed by atoms with E-state index in [0.29, 0.717) is 0 Å². The molecule has 0 bridgehead atoms. The lowest BCUT2D eigenvalue weighted by molar-refractivity contribution is 0.704. The van der Waals surface area contributed by atoms with Crippen LogP contribution < -0.4 is 10.6 Å². The van der Waals surface area contributed by atoms with Gasteiger partial charge in [-0.3, -0.25) is 4.68 Å². The molecule has 0 aromatic carbocycles. The molecule has 2 N–H and O–H groups in total. The molecule has 1 aromatic rings. The monoisotopic (exact) mass is 194 g/mol. The first-order chi connectivity index (χ1) is 6.70. The van der Waals surface area contributed by atoms with Crippen LogP contribution in [0.3, 0.4) is 0 Å². The van der Waals surface area contributed by atoms with Crippen molar-refractivity contribution in [2.75, 3.05) is 23.7 Å². The van der Waals surface area contributed by atoms with Crippen LogP contribution in [0.15, 0.2) is 6.20 Å². The predicted molar refractivity (Wildman–Crippen MR) is 58.2 cm³/mol. The highest BCUT2D eigenvalue weighted by molar-refractivity contribution is 5.61. The van der Waals surface area contributed by atoms with Crippen molar-refractivity contribution in [1.29, 1.82) is 0 Å². The number of aromatic nitrogens is 2. The number of nitrogens with zero attached hydrogens (tertiary/aromatic N) is 3. The Hall–Kier alpha value is -1.19. The van der Waals surface area contributed by atoms with E-state index < -0.39 is 0 Å². The maximum absolute atomic E-state index is 5.89. The zero-order valence-corrected chi connectivity index (χ0v) is 8.90. The lowest BCUT2D eigenvalue weighted by Crippen LogP contribution is -2.26. The van der Waals surface area contributed by atoms with Crippen molar-refractivity contribution in [3.63, 3.8) is 0 Å². The van der Waals surface area contributed by atoms with E-state index in [0.717, 1.165) is 30.5 Å². The number of nitrogen functional groups attached to an aromatic ring is 1. The first-order valence-corrected chi connectivity index (χ1v) is 5.24. The van der Waals surface area contributed by atoms with Crippen molar-refractivity contribution in [3.8, 4) is 0 Å². The van der Waals surface area contributed by atoms with Gasteiger partial charge in [0.1, 0.15) is 0 Å². The van der Waals surface area contributed by atoms with Crippen LogP contribution in [0.5, 0.6) is 0 Å². The molecule has 1 aliphatic rings. The van der Waals surface area contributed by atoms with E-state index in [9.17, 15) is 0 Å². The summed E-state index contributed by atoms with van der Waals surface area (Å²) in [7, 11) is 1.91. The normalized spacial score (nSPS) is 15.9. The molecular formula is C10H18N4. The Balaban J connectivity index is 2.12. The fraction of sp³-hybridized carbons (Fsp3) is 0.700. The number of hydrogen-bond donors (Lipinski definition) is 1. The molecule has 4 heteroatoms. The van der Waals surface area contributed by atoms with Gasteiger partial charge in [0.05, 0.1) is 5.69 Å². The SMILES string of the molecule is CCN(CC1CC1)c1nn(C)cc1N. The third kappa shape index (κ3) is 1.84. The van der Waals surface area contributed by atoms with Gasteiger partial charge in [0.25, 0.3) is 0 Å². The first-order valence-electron chi connectivity index (χ1n) is 5.24. The van der Waals surface area contributed by atoms with Crippen LogP contribution in [0.2, 0.25) is 0 Å². The van der Waals surface area contributed by atoms with Crippen LogP contribution in [0.4, 0.5) is 11.5 Å². The predicted octanol–water partition coefficient (Wildman–Crippen LogP) is 1.24. The number of hydrogen-bond acceptors (Lipinski definition) is 3. The first kappa shape index (κ1) is 9.37. The summed E-state index contributed by atoms with van der Waals surface area (Å²) >= 11 is 0. The van der Waals surface area contributed by atoms with Crippen molar-refractivity contribution in [2.24, 2.45) is 13.0 Å². The van der Waals surface area contributed by atoms with Gasteiger partial charge in [-0.25, -0.2) is 0 Å². The fourth-order valence-corrected chi connectivity index (χ4v) is 1.72. The summed E-state index contributed by atoms with van der Waals surface area (Å²) in [6, 6.07) is 0. The van der Waals surface area contributed by atoms with E-state index >= 15 is 0 Å². The Labute approximate surface area is 84.7 Å². The molecule has 0 radical (unpaired) electrons. The molecule has 14 heavy (non-hydrogen) atoms. The largest absolute Gasteiger partial charge is 0.394 e. The van der Waals surface area contributed by atoms with Crippen molar-refractivity contribution < 1.29 is 0 Å². The highest BCUT2D eigenvalue weighted by Crippen LogP contribution is 2.32. The van der Waals surface area contributed by atoms with Crippen LogP contribution in [-0.2, 0) is 7.05 Å². The van der Waals surface area contributed by atoms with Crippen LogP contribution in [0.1, 0.15) is 19.8 Å². The zero-order valence-electron chi connectivity index (χ0n) is 8.90. The average molecular weight is 194 g/mol. The second-order valence-electron chi connectivity index (χ2n) is 4.06. The molecule has 0 spiro atoms. The fourth-order valence-electron chi connectivity index (χ4n) is 1.72. The molecule has 1 fully saturated rings. The van der Waals surface area contributed by atoms with Gasteiger partial charge in [0, 0.05) is 26.3 Å². The molecular weight excluding hydrogens is 176 g/mol. The molecule has 78 valence electrons. The molecule has 1 aliphatic carbocycles. The van der Waals surface area contributed by atoms with E-state index in [1.54, 1.807) is 4.68 Å². The summed E-state index contributed by atoms with van der Waals surface area (Å²) in [6.45, 7) is 4.24. The van der Waals surface area contributed by atoms with Crippen molar-refractivity contribution in [3.05, 3.63) is 6.20 Å². The zero-order chi connectivity index (χ0) is 10.1. The Morgan fingerprint density at radius 1 is 1.64 bits per heavy atom. The lowest BCUT2D eigenvalue weighted by Gasteiger charge is -2.20. The Kier molecular flexibility index (Phi) is 2.35. The minimum absolute atomic E-state index is 0.787. The molecule has 0 unspecified atom stereocenters. The van der Waals surface area contributed by atoms with Gasteiger partial charge < -0.3 is 10.6 Å². The van der Waals surface area contributed by atoms with Crippen molar-refractivity contribution >= 4 is 11.5 Å². The van der Waals surface area contributed by atoms with Gasteiger partial charge >= 0.3 is 0 Å². The molecule has 2 rings (SSSR count). The molecule has 4 nitrogen and oxygen atoms in total. The molecule has 1 heterocycles. The maximum Gasteiger partial charge on any atom is 0.173 e. The Morgan fingerprint density at radius 3 is 2.79 bits per heavy atom. The summed E-state index contributed by atoms with van der Waals surface area (Å²) in [5.41, 5.74) is 6.68. The molecule has 0 atom stereocenters. The van der Waals surface area contributed by atoms with Gasteiger partial charge in [-0.2, -0.15) is 5.10 Å². The summed E-state index contributed by atoms with van der Waals surface area (Å²) in [6.07, 6.45) is 4.59. The molecule has 0 saturated heterocycles. The van der Waals surface area contributed by atoms with Crippen LogP contribution in [0.25, 0.3) is 0 Å². The van der Waals surface area contributed by atoms with E-state index in [2.05, 4.69) is 16.9 Å². The topological polar surface area (TPSA) is 47.1 Å². The van der Waals surface area contributed by atoms with Gasteiger partial charge in [-0.15, -0.1) is 0 Å². The molecule has 1 saturated carbocycles. The number of anilines is 2. The van der Waals surface area contributed by atoms with Gasteiger partial charge in [0.15, 0.2) is 5.82 Å². The quantitative estimate of drug-likeness (QED) is 0.784. The molecule has 0 amide bonds. The minimum Gasteiger partial charge on any atom is -0.394 e. The summed E-state index contributed by atoms with van der Waals surface area (Å²) in [4.78, 5) is 2.27. The Morgan fingerprint density at radius 2 is 2.36 bits per heavy atom. The smallest absolute Gasteiger partial charge is 0.173 e. The number of rotatable bonds is 4. The standard InChI is InChI=1S/C10H18N4/c1-3-14(6-8-4-5-8)10-9(11)7-13(2)12-10/h7-8H,3-6,11H2,1-2H3. The average Bonchev–Trinajstić information content (AvgIpc) is 2.89. The van der Waals surface area contributed by atoms with Gasteiger partial charge in [-0.1, -0.05) is 0 Å². The Bertz CT molecular complexity index is 314. The maximum atomic E-state index is 5.89.